The van der Waals surface area contributed by atoms with Crippen molar-refractivity contribution in [3.8, 4) is 22.6 Å². The number of hydrogen-bond donors (Lipinski definition) is 1. The summed E-state index contributed by atoms with van der Waals surface area (Å²) < 4.78 is 9.62. The van der Waals surface area contributed by atoms with Crippen molar-refractivity contribution >= 4 is 5.97 Å². The van der Waals surface area contributed by atoms with E-state index in [1.165, 1.54) is 17.3 Å². The van der Waals surface area contributed by atoms with Crippen molar-refractivity contribution in [1.29, 1.82) is 0 Å². The van der Waals surface area contributed by atoms with Crippen LogP contribution < -0.4 is 4.74 Å². The first-order valence-electron chi connectivity index (χ1n) is 14.8. The Balaban J connectivity index is 1.17. The summed E-state index contributed by atoms with van der Waals surface area (Å²) in [4.78, 5) is 14.7. The quantitative estimate of drug-likeness (QED) is 0.250. The van der Waals surface area contributed by atoms with Gasteiger partial charge in [0.1, 0.15) is 17.9 Å². The number of aryl methyl sites for hydroxylation is 1. The van der Waals surface area contributed by atoms with Crippen molar-refractivity contribution in [3.63, 3.8) is 0 Å². The zero-order chi connectivity index (χ0) is 29.5. The minimum absolute atomic E-state index is 0.0199. The lowest BCUT2D eigenvalue weighted by atomic mass is 10.0. The number of aromatic carboxylic acids is 1. The number of hydrogen-bond acceptors (Lipinski definition) is 6. The van der Waals surface area contributed by atoms with Crippen molar-refractivity contribution in [1.82, 2.24) is 29.7 Å². The molecule has 7 rings (SSSR count). The Morgan fingerprint density at radius 2 is 1.84 bits per heavy atom. The zero-order valence-corrected chi connectivity index (χ0v) is 24.3. The molecule has 1 saturated carbocycles. The molecule has 0 saturated heterocycles. The van der Waals surface area contributed by atoms with Crippen LogP contribution in [0.5, 0.6) is 5.75 Å². The van der Waals surface area contributed by atoms with Crippen molar-refractivity contribution in [2.45, 2.75) is 50.7 Å². The van der Waals surface area contributed by atoms with Gasteiger partial charge >= 0.3 is 5.97 Å². The summed E-state index contributed by atoms with van der Waals surface area (Å²) in [5.41, 5.74) is 7.27. The van der Waals surface area contributed by atoms with Gasteiger partial charge in [0.05, 0.1) is 23.3 Å². The molecule has 0 spiro atoms. The molecule has 1 N–H and O–H groups in total. The molecule has 0 radical (unpaired) electrons. The fraction of sp³-hybridized carbons (Fsp3) is 0.294. The Morgan fingerprint density at radius 1 is 1.02 bits per heavy atom. The Bertz CT molecular complexity index is 1790. The Kier molecular flexibility index (Phi) is 7.02. The second-order valence-electron chi connectivity index (χ2n) is 11.6. The number of para-hydroxylation sites is 1. The average molecular weight is 575 g/mol. The summed E-state index contributed by atoms with van der Waals surface area (Å²) in [6.07, 6.45) is 5.19. The van der Waals surface area contributed by atoms with Crippen LogP contribution in [0.4, 0.5) is 0 Å². The summed E-state index contributed by atoms with van der Waals surface area (Å²) in [5, 5.41) is 22.9. The molecular formula is C34H34N6O3. The van der Waals surface area contributed by atoms with Crippen molar-refractivity contribution in [3.05, 3.63) is 113 Å². The highest BCUT2D eigenvalue weighted by atomic mass is 16.5. The van der Waals surface area contributed by atoms with E-state index in [2.05, 4.69) is 81.8 Å². The van der Waals surface area contributed by atoms with E-state index < -0.39 is 5.97 Å². The number of carboxylic acids is 1. The first-order chi connectivity index (χ1) is 21.0. The van der Waals surface area contributed by atoms with Crippen LogP contribution in [0.15, 0.2) is 85.2 Å². The lowest BCUT2D eigenvalue weighted by Gasteiger charge is -2.28. The van der Waals surface area contributed by atoms with Crippen molar-refractivity contribution in [2.24, 2.45) is 7.05 Å². The van der Waals surface area contributed by atoms with Crippen LogP contribution in [0.3, 0.4) is 0 Å². The normalized spacial score (nSPS) is 19.8. The number of ether oxygens (including phenoxy) is 1. The summed E-state index contributed by atoms with van der Waals surface area (Å²) in [6.45, 7) is 4.56. The number of benzene rings is 3. The van der Waals surface area contributed by atoms with E-state index in [1.807, 2.05) is 31.4 Å². The van der Waals surface area contributed by atoms with Crippen molar-refractivity contribution < 1.29 is 14.6 Å². The number of fused-ring (bicyclic) bond motifs is 1. The molecule has 3 aromatic carbocycles. The van der Waals surface area contributed by atoms with Crippen LogP contribution in [0.25, 0.3) is 16.8 Å². The Hall–Kier alpha value is -4.76. The Morgan fingerprint density at radius 3 is 2.63 bits per heavy atom. The molecule has 2 aromatic heterocycles. The molecule has 3 atom stereocenters. The lowest BCUT2D eigenvalue weighted by Crippen LogP contribution is -2.36. The van der Waals surface area contributed by atoms with Gasteiger partial charge in [-0.2, -0.15) is 5.10 Å². The van der Waals surface area contributed by atoms with Crippen LogP contribution in [-0.2, 0) is 20.1 Å². The molecule has 0 unspecified atom stereocenters. The van der Waals surface area contributed by atoms with E-state index in [0.717, 1.165) is 54.2 Å². The summed E-state index contributed by atoms with van der Waals surface area (Å²) in [7, 11) is 1.84. The third-order valence-corrected chi connectivity index (χ3v) is 8.68. The number of rotatable bonds is 8. The van der Waals surface area contributed by atoms with Gasteiger partial charge in [-0.1, -0.05) is 60.7 Å². The van der Waals surface area contributed by atoms with E-state index in [4.69, 9.17) is 4.74 Å². The minimum atomic E-state index is -0.971. The predicted molar refractivity (Wildman–Crippen MR) is 162 cm³/mol. The van der Waals surface area contributed by atoms with Crippen LogP contribution >= 0.6 is 0 Å². The van der Waals surface area contributed by atoms with Crippen LogP contribution in [0.1, 0.15) is 64.5 Å². The molecule has 2 aliphatic rings. The standard InChI is InChI=1S/C34H34N6O3/c1-3-26-21-43-32-13-5-4-9-25(32)19-39(26)18-22-8-6-10-23(14-22)24-11-7-12-27(15-24)40-33(30(17-35-40)34(41)42)29-16-28(29)31-20-38(2)37-36-31/h4-15,17,20,26,28-29H,3,16,18-19,21H2,1-2H3,(H,41,42)/t26-,28-,29-/m1/s1. The molecule has 5 aromatic rings. The largest absolute Gasteiger partial charge is 0.492 e. The second-order valence-corrected chi connectivity index (χ2v) is 11.6. The minimum Gasteiger partial charge on any atom is -0.492 e. The van der Waals surface area contributed by atoms with Gasteiger partial charge in [-0.25, -0.2) is 9.48 Å². The van der Waals surface area contributed by atoms with Gasteiger partial charge in [0.2, 0.25) is 0 Å². The van der Waals surface area contributed by atoms with E-state index in [1.54, 1.807) is 9.36 Å². The lowest BCUT2D eigenvalue weighted by molar-refractivity contribution is 0.0695. The SMILES string of the molecule is CC[C@@H]1COc2ccccc2CN1Cc1cccc(-c2cccc(-n3ncc(C(=O)O)c3[C@@H]3C[C@H]3c3cn(C)nn3)c2)c1. The molecule has 1 aliphatic carbocycles. The maximum atomic E-state index is 12.2. The van der Waals surface area contributed by atoms with Gasteiger partial charge in [0.15, 0.2) is 0 Å². The fourth-order valence-corrected chi connectivity index (χ4v) is 6.32. The molecule has 3 heterocycles. The van der Waals surface area contributed by atoms with Crippen molar-refractivity contribution in [2.75, 3.05) is 6.61 Å². The van der Waals surface area contributed by atoms with Crippen LogP contribution in [-0.4, -0.2) is 53.4 Å². The highest BCUT2D eigenvalue weighted by Gasteiger charge is 2.46. The van der Waals surface area contributed by atoms with Gasteiger partial charge < -0.3 is 9.84 Å². The Labute approximate surface area is 250 Å². The molecular weight excluding hydrogens is 540 g/mol. The van der Waals surface area contributed by atoms with Gasteiger partial charge in [-0.15, -0.1) is 5.10 Å². The van der Waals surface area contributed by atoms with Gasteiger partial charge in [-0.3, -0.25) is 9.58 Å². The fourth-order valence-electron chi connectivity index (χ4n) is 6.32. The predicted octanol–water partition coefficient (Wildman–Crippen LogP) is 5.81. The molecule has 9 heteroatoms. The molecule has 1 aliphatic heterocycles. The molecule has 9 nitrogen and oxygen atoms in total. The van der Waals surface area contributed by atoms with Gasteiger partial charge in [-0.05, 0) is 53.8 Å². The molecule has 1 fully saturated rings. The number of carbonyl (C=O) groups is 1. The summed E-state index contributed by atoms with van der Waals surface area (Å²) in [5.74, 6) is 0.158. The summed E-state index contributed by atoms with van der Waals surface area (Å²) >= 11 is 0. The highest BCUT2D eigenvalue weighted by molar-refractivity contribution is 5.89. The zero-order valence-electron chi connectivity index (χ0n) is 24.3. The maximum Gasteiger partial charge on any atom is 0.339 e. The first-order valence-corrected chi connectivity index (χ1v) is 14.8. The third-order valence-electron chi connectivity index (χ3n) is 8.68. The van der Waals surface area contributed by atoms with E-state index in [0.29, 0.717) is 18.3 Å². The van der Waals surface area contributed by atoms with E-state index >= 15 is 0 Å². The monoisotopic (exact) mass is 574 g/mol. The maximum absolute atomic E-state index is 12.2. The average Bonchev–Trinajstić information content (AvgIpc) is 3.54. The van der Waals surface area contributed by atoms with Crippen LogP contribution in [0, 0.1) is 0 Å². The highest BCUT2D eigenvalue weighted by Crippen LogP contribution is 2.55. The molecule has 218 valence electrons. The first kappa shape index (κ1) is 27.1. The van der Waals surface area contributed by atoms with Gasteiger partial charge in [0, 0.05) is 49.8 Å². The van der Waals surface area contributed by atoms with Gasteiger partial charge in [0.25, 0.3) is 0 Å². The number of carboxylic acid groups (broad SMARTS) is 1. The smallest absolute Gasteiger partial charge is 0.339 e. The van der Waals surface area contributed by atoms with E-state index in [9.17, 15) is 9.90 Å². The third kappa shape index (κ3) is 5.32. The summed E-state index contributed by atoms with van der Waals surface area (Å²) in [6, 6.07) is 25.5. The number of aromatic nitrogens is 5. The molecule has 43 heavy (non-hydrogen) atoms. The second kappa shape index (κ2) is 11.1. The van der Waals surface area contributed by atoms with Crippen LogP contribution in [0.2, 0.25) is 0 Å². The van der Waals surface area contributed by atoms with E-state index in [-0.39, 0.29) is 17.4 Å². The molecule has 0 amide bonds. The number of nitrogens with zero attached hydrogens (tertiary/aromatic N) is 6. The molecule has 0 bridgehead atoms. The topological polar surface area (TPSA) is 98.3 Å².